The van der Waals surface area contributed by atoms with Gasteiger partial charge in [0, 0.05) is 17.5 Å². The van der Waals surface area contributed by atoms with Crippen LogP contribution in [0.3, 0.4) is 0 Å². The molecule has 0 radical (unpaired) electrons. The van der Waals surface area contributed by atoms with Gasteiger partial charge in [0.25, 0.3) is 0 Å². The van der Waals surface area contributed by atoms with Gasteiger partial charge in [-0.1, -0.05) is 57.5 Å². The molecule has 2 aromatic rings. The number of hydrogen-bond acceptors (Lipinski definition) is 2. The molecule has 0 aliphatic rings. The third-order valence-electron chi connectivity index (χ3n) is 3.45. The standard InChI is InChI=1S/C17H25N3/c1-6-11-20-15(18)14(19-16(20)17(3,4)5)13-9-7-12(2)8-10-13/h7-10H,6,11,18H2,1-5H3. The Hall–Kier alpha value is -1.77. The average Bonchev–Trinajstić information content (AvgIpc) is 2.69. The maximum Gasteiger partial charge on any atom is 0.131 e. The number of aryl methyl sites for hydroxylation is 1. The molecule has 1 heterocycles. The van der Waals surface area contributed by atoms with Crippen LogP contribution in [0.5, 0.6) is 0 Å². The molecule has 20 heavy (non-hydrogen) atoms. The van der Waals surface area contributed by atoms with Gasteiger partial charge in [0.15, 0.2) is 0 Å². The van der Waals surface area contributed by atoms with Crippen molar-refractivity contribution in [3.8, 4) is 11.3 Å². The average molecular weight is 271 g/mol. The fourth-order valence-electron chi connectivity index (χ4n) is 2.41. The van der Waals surface area contributed by atoms with Crippen LogP contribution in [0.4, 0.5) is 5.82 Å². The Kier molecular flexibility index (Phi) is 3.89. The first-order valence-electron chi connectivity index (χ1n) is 7.28. The van der Waals surface area contributed by atoms with Crippen LogP contribution in [-0.4, -0.2) is 9.55 Å². The van der Waals surface area contributed by atoms with Gasteiger partial charge in [-0.05, 0) is 13.3 Å². The van der Waals surface area contributed by atoms with E-state index in [1.807, 2.05) is 0 Å². The SMILES string of the molecule is CCCn1c(C(C)(C)C)nc(-c2ccc(C)cc2)c1N. The maximum absolute atomic E-state index is 6.36. The first kappa shape index (κ1) is 14.6. The van der Waals surface area contributed by atoms with Crippen molar-refractivity contribution >= 4 is 5.82 Å². The van der Waals surface area contributed by atoms with E-state index >= 15 is 0 Å². The predicted octanol–water partition coefficient (Wildman–Crippen LogP) is 4.15. The zero-order valence-corrected chi connectivity index (χ0v) is 13.2. The topological polar surface area (TPSA) is 43.8 Å². The van der Waals surface area contributed by atoms with Crippen LogP contribution in [0.15, 0.2) is 24.3 Å². The fraction of sp³-hybridized carbons (Fsp3) is 0.471. The van der Waals surface area contributed by atoms with Gasteiger partial charge < -0.3 is 10.3 Å². The van der Waals surface area contributed by atoms with Crippen molar-refractivity contribution in [1.82, 2.24) is 9.55 Å². The Balaban J connectivity index is 2.57. The smallest absolute Gasteiger partial charge is 0.131 e. The second-order valence-electron chi connectivity index (χ2n) is 6.44. The van der Waals surface area contributed by atoms with E-state index in [0.717, 1.165) is 35.9 Å². The van der Waals surface area contributed by atoms with Crippen LogP contribution in [0.1, 0.15) is 45.5 Å². The second-order valence-corrected chi connectivity index (χ2v) is 6.44. The quantitative estimate of drug-likeness (QED) is 0.911. The number of rotatable bonds is 3. The third-order valence-corrected chi connectivity index (χ3v) is 3.45. The van der Waals surface area contributed by atoms with Crippen molar-refractivity contribution in [1.29, 1.82) is 0 Å². The number of benzene rings is 1. The predicted molar refractivity (Wildman–Crippen MR) is 85.8 cm³/mol. The van der Waals surface area contributed by atoms with E-state index in [2.05, 4.69) is 63.5 Å². The van der Waals surface area contributed by atoms with E-state index in [0.29, 0.717) is 0 Å². The highest BCUT2D eigenvalue weighted by molar-refractivity contribution is 5.71. The molecular formula is C17H25N3. The molecule has 0 fully saturated rings. The minimum atomic E-state index is -0.00770. The van der Waals surface area contributed by atoms with Crippen molar-refractivity contribution in [3.63, 3.8) is 0 Å². The van der Waals surface area contributed by atoms with Crippen LogP contribution in [0, 0.1) is 6.92 Å². The molecule has 1 aromatic heterocycles. The molecule has 3 nitrogen and oxygen atoms in total. The number of nitrogens with zero attached hydrogens (tertiary/aromatic N) is 2. The lowest BCUT2D eigenvalue weighted by molar-refractivity contribution is 0.498. The number of nitrogen functional groups attached to an aromatic ring is 1. The lowest BCUT2D eigenvalue weighted by Gasteiger charge is -2.19. The Morgan fingerprint density at radius 1 is 1.15 bits per heavy atom. The Bertz CT molecular complexity index is 586. The Morgan fingerprint density at radius 2 is 1.75 bits per heavy atom. The molecule has 0 amide bonds. The first-order chi connectivity index (χ1) is 9.34. The lowest BCUT2D eigenvalue weighted by atomic mass is 9.95. The summed E-state index contributed by atoms with van der Waals surface area (Å²) in [4.78, 5) is 4.84. The van der Waals surface area contributed by atoms with Gasteiger partial charge >= 0.3 is 0 Å². The lowest BCUT2D eigenvalue weighted by Crippen LogP contribution is -2.19. The normalized spacial score (nSPS) is 11.8. The van der Waals surface area contributed by atoms with Gasteiger partial charge in [-0.2, -0.15) is 0 Å². The maximum atomic E-state index is 6.36. The van der Waals surface area contributed by atoms with E-state index < -0.39 is 0 Å². The zero-order valence-electron chi connectivity index (χ0n) is 13.2. The van der Waals surface area contributed by atoms with Crippen molar-refractivity contribution < 1.29 is 0 Å². The molecule has 0 saturated heterocycles. The molecule has 2 rings (SSSR count). The molecule has 0 atom stereocenters. The zero-order chi connectivity index (χ0) is 14.9. The summed E-state index contributed by atoms with van der Waals surface area (Å²) >= 11 is 0. The van der Waals surface area contributed by atoms with E-state index in [1.165, 1.54) is 5.56 Å². The highest BCUT2D eigenvalue weighted by Gasteiger charge is 2.24. The summed E-state index contributed by atoms with van der Waals surface area (Å²) in [5.41, 5.74) is 9.59. The first-order valence-corrected chi connectivity index (χ1v) is 7.28. The van der Waals surface area contributed by atoms with E-state index in [1.54, 1.807) is 0 Å². The van der Waals surface area contributed by atoms with Gasteiger partial charge in [-0.25, -0.2) is 4.98 Å². The molecule has 0 aliphatic heterocycles. The van der Waals surface area contributed by atoms with Crippen LogP contribution in [0.2, 0.25) is 0 Å². The second kappa shape index (κ2) is 5.31. The summed E-state index contributed by atoms with van der Waals surface area (Å²) in [6.45, 7) is 11.7. The molecule has 2 N–H and O–H groups in total. The third kappa shape index (κ3) is 2.72. The molecule has 108 valence electrons. The largest absolute Gasteiger partial charge is 0.383 e. The highest BCUT2D eigenvalue weighted by atomic mass is 15.1. The summed E-state index contributed by atoms with van der Waals surface area (Å²) < 4.78 is 2.16. The molecule has 0 spiro atoms. The fourth-order valence-corrected chi connectivity index (χ4v) is 2.41. The van der Waals surface area contributed by atoms with E-state index in [4.69, 9.17) is 10.7 Å². The molecule has 0 unspecified atom stereocenters. The van der Waals surface area contributed by atoms with Gasteiger partial charge in [-0.15, -0.1) is 0 Å². The summed E-state index contributed by atoms with van der Waals surface area (Å²) in [6.07, 6.45) is 1.05. The molecule has 3 heteroatoms. The summed E-state index contributed by atoms with van der Waals surface area (Å²) in [5, 5.41) is 0. The summed E-state index contributed by atoms with van der Waals surface area (Å²) in [6, 6.07) is 8.39. The number of anilines is 1. The number of hydrogen-bond donors (Lipinski definition) is 1. The molecule has 0 saturated carbocycles. The van der Waals surface area contributed by atoms with Crippen molar-refractivity contribution in [3.05, 3.63) is 35.7 Å². The van der Waals surface area contributed by atoms with Gasteiger partial charge in [0.1, 0.15) is 17.3 Å². The van der Waals surface area contributed by atoms with Crippen LogP contribution >= 0.6 is 0 Å². The minimum Gasteiger partial charge on any atom is -0.383 e. The number of imidazole rings is 1. The highest BCUT2D eigenvalue weighted by Crippen LogP contribution is 2.32. The molecule has 0 bridgehead atoms. The van der Waals surface area contributed by atoms with Crippen LogP contribution in [-0.2, 0) is 12.0 Å². The van der Waals surface area contributed by atoms with Crippen molar-refractivity contribution in [2.24, 2.45) is 0 Å². The van der Waals surface area contributed by atoms with Gasteiger partial charge in [0.05, 0.1) is 0 Å². The number of aromatic nitrogens is 2. The van der Waals surface area contributed by atoms with Crippen molar-refractivity contribution in [2.75, 3.05) is 5.73 Å². The molecule has 1 aromatic carbocycles. The van der Waals surface area contributed by atoms with Crippen LogP contribution in [0.25, 0.3) is 11.3 Å². The summed E-state index contributed by atoms with van der Waals surface area (Å²) in [5.74, 6) is 1.84. The number of nitrogens with two attached hydrogens (primary N) is 1. The van der Waals surface area contributed by atoms with Gasteiger partial charge in [0.2, 0.25) is 0 Å². The Morgan fingerprint density at radius 3 is 2.25 bits per heavy atom. The van der Waals surface area contributed by atoms with E-state index in [-0.39, 0.29) is 5.41 Å². The summed E-state index contributed by atoms with van der Waals surface area (Å²) in [7, 11) is 0. The van der Waals surface area contributed by atoms with Crippen molar-refractivity contribution in [2.45, 2.75) is 53.0 Å². The Labute approximate surface area is 121 Å². The van der Waals surface area contributed by atoms with E-state index in [9.17, 15) is 0 Å². The molecule has 0 aliphatic carbocycles. The monoisotopic (exact) mass is 271 g/mol. The minimum absolute atomic E-state index is 0.00770. The van der Waals surface area contributed by atoms with Gasteiger partial charge in [-0.3, -0.25) is 0 Å². The molecular weight excluding hydrogens is 246 g/mol. The van der Waals surface area contributed by atoms with Crippen LogP contribution < -0.4 is 5.73 Å².